The molecule has 0 heterocycles. The third kappa shape index (κ3) is 3.52. The zero-order chi connectivity index (χ0) is 20.4. The highest BCUT2D eigenvalue weighted by molar-refractivity contribution is 5.95. The molecule has 0 saturated carbocycles. The first-order valence-electron chi connectivity index (χ1n) is 9.25. The van der Waals surface area contributed by atoms with Gasteiger partial charge in [-0.2, -0.15) is 0 Å². The summed E-state index contributed by atoms with van der Waals surface area (Å²) in [6.45, 7) is 0.188. The molecule has 0 radical (unpaired) electrons. The fourth-order valence-electron chi connectivity index (χ4n) is 3.74. The van der Waals surface area contributed by atoms with Crippen molar-refractivity contribution in [3.8, 4) is 11.1 Å². The smallest absolute Gasteiger partial charge is 0.411 e. The van der Waals surface area contributed by atoms with Crippen LogP contribution in [0.15, 0.2) is 66.7 Å². The van der Waals surface area contributed by atoms with Gasteiger partial charge in [-0.3, -0.25) is 5.32 Å². The van der Waals surface area contributed by atoms with Gasteiger partial charge in [0.25, 0.3) is 0 Å². The number of amides is 1. The lowest BCUT2D eigenvalue weighted by Gasteiger charge is -2.16. The van der Waals surface area contributed by atoms with Crippen LogP contribution < -0.4 is 10.6 Å². The first-order valence-corrected chi connectivity index (χ1v) is 9.25. The molecule has 0 spiro atoms. The highest BCUT2D eigenvalue weighted by Gasteiger charge is 2.29. The van der Waals surface area contributed by atoms with E-state index in [4.69, 9.17) is 4.74 Å². The number of hydrogen-bond donors (Lipinski definition) is 3. The summed E-state index contributed by atoms with van der Waals surface area (Å²) in [5.74, 6) is -1.11. The van der Waals surface area contributed by atoms with Gasteiger partial charge in [-0.15, -0.1) is 0 Å². The summed E-state index contributed by atoms with van der Waals surface area (Å²) in [5, 5.41) is 14.7. The van der Waals surface area contributed by atoms with E-state index in [1.165, 1.54) is 12.1 Å². The van der Waals surface area contributed by atoms with Crippen LogP contribution in [-0.2, 0) is 4.74 Å². The Hall–Kier alpha value is -3.80. The lowest BCUT2D eigenvalue weighted by molar-refractivity contribution is 0.0697. The van der Waals surface area contributed by atoms with Crippen molar-refractivity contribution in [2.75, 3.05) is 24.3 Å². The van der Waals surface area contributed by atoms with E-state index in [1.54, 1.807) is 13.1 Å². The summed E-state index contributed by atoms with van der Waals surface area (Å²) in [7, 11) is 1.69. The molecule has 0 aliphatic heterocycles. The lowest BCUT2D eigenvalue weighted by Crippen LogP contribution is -2.18. The molecule has 0 bridgehead atoms. The van der Waals surface area contributed by atoms with Gasteiger partial charge in [0.05, 0.1) is 16.9 Å². The van der Waals surface area contributed by atoms with Crippen LogP contribution >= 0.6 is 0 Å². The average molecular weight is 388 g/mol. The molecule has 4 rings (SSSR count). The minimum Gasteiger partial charge on any atom is -0.478 e. The summed E-state index contributed by atoms with van der Waals surface area (Å²) in [6.07, 6.45) is -0.633. The van der Waals surface area contributed by atoms with Crippen LogP contribution in [-0.4, -0.2) is 30.8 Å². The summed E-state index contributed by atoms with van der Waals surface area (Å²) in [5.41, 5.74) is 5.61. The van der Waals surface area contributed by atoms with Crippen LogP contribution in [0.25, 0.3) is 11.1 Å². The van der Waals surface area contributed by atoms with Gasteiger partial charge in [0, 0.05) is 13.0 Å². The number of aromatic carboxylic acids is 1. The molecule has 0 saturated heterocycles. The highest BCUT2D eigenvalue weighted by Crippen LogP contribution is 2.44. The number of carboxylic acids is 1. The van der Waals surface area contributed by atoms with Gasteiger partial charge in [-0.05, 0) is 40.5 Å². The van der Waals surface area contributed by atoms with E-state index in [-0.39, 0.29) is 18.1 Å². The second-order valence-electron chi connectivity index (χ2n) is 6.77. The van der Waals surface area contributed by atoms with Crippen LogP contribution in [0.3, 0.4) is 0 Å². The molecule has 1 aliphatic rings. The Morgan fingerprint density at radius 1 is 0.931 bits per heavy atom. The lowest BCUT2D eigenvalue weighted by atomic mass is 9.98. The number of carboxylic acid groups (broad SMARTS) is 1. The predicted molar refractivity (Wildman–Crippen MR) is 112 cm³/mol. The zero-order valence-electron chi connectivity index (χ0n) is 15.8. The molecule has 1 aliphatic carbocycles. The van der Waals surface area contributed by atoms with Crippen LogP contribution in [0, 0.1) is 0 Å². The number of nitrogens with one attached hydrogen (secondary N) is 2. The number of benzene rings is 3. The maximum Gasteiger partial charge on any atom is 0.411 e. The second kappa shape index (κ2) is 7.67. The maximum atomic E-state index is 12.4. The zero-order valence-corrected chi connectivity index (χ0v) is 15.8. The summed E-state index contributed by atoms with van der Waals surface area (Å²) >= 11 is 0. The molecule has 146 valence electrons. The number of rotatable bonds is 5. The molecule has 1 amide bonds. The SMILES string of the molecule is CNc1ccc(C(=O)O)cc1NC(=O)OCC1c2ccccc2-c2ccccc21. The van der Waals surface area contributed by atoms with E-state index in [9.17, 15) is 14.7 Å². The third-order valence-corrected chi connectivity index (χ3v) is 5.12. The van der Waals surface area contributed by atoms with Crippen LogP contribution in [0.5, 0.6) is 0 Å². The summed E-state index contributed by atoms with van der Waals surface area (Å²) in [4.78, 5) is 23.6. The minimum absolute atomic E-state index is 0.0396. The van der Waals surface area contributed by atoms with Gasteiger partial charge in [0.1, 0.15) is 6.61 Å². The number of hydrogen-bond acceptors (Lipinski definition) is 4. The first-order chi connectivity index (χ1) is 14.1. The number of carbonyl (C=O) groups excluding carboxylic acids is 1. The van der Waals surface area contributed by atoms with Crippen LogP contribution in [0.1, 0.15) is 27.4 Å². The fraction of sp³-hybridized carbons (Fsp3) is 0.130. The molecule has 6 nitrogen and oxygen atoms in total. The molecule has 6 heteroatoms. The fourth-order valence-corrected chi connectivity index (χ4v) is 3.74. The Bertz CT molecular complexity index is 1050. The van der Waals surface area contributed by atoms with E-state index in [0.717, 1.165) is 22.3 Å². The molecule has 3 aromatic rings. The maximum absolute atomic E-state index is 12.4. The molecular weight excluding hydrogens is 368 g/mol. The molecule has 29 heavy (non-hydrogen) atoms. The molecule has 3 aromatic carbocycles. The average Bonchev–Trinajstić information content (AvgIpc) is 3.06. The van der Waals surface area contributed by atoms with Gasteiger partial charge in [0.15, 0.2) is 0 Å². The highest BCUT2D eigenvalue weighted by atomic mass is 16.5. The van der Waals surface area contributed by atoms with Crippen molar-refractivity contribution in [1.29, 1.82) is 0 Å². The molecule has 0 fully saturated rings. The Labute approximate surface area is 168 Å². The molecule has 3 N–H and O–H groups in total. The summed E-state index contributed by atoms with van der Waals surface area (Å²) < 4.78 is 5.52. The van der Waals surface area contributed by atoms with Crippen molar-refractivity contribution in [3.05, 3.63) is 83.4 Å². The Kier molecular flexibility index (Phi) is 4.91. The van der Waals surface area contributed by atoms with Gasteiger partial charge in [0.2, 0.25) is 0 Å². The Balaban J connectivity index is 1.51. The van der Waals surface area contributed by atoms with Gasteiger partial charge < -0.3 is 15.2 Å². The molecule has 0 atom stereocenters. The van der Waals surface area contributed by atoms with E-state index < -0.39 is 12.1 Å². The van der Waals surface area contributed by atoms with E-state index >= 15 is 0 Å². The van der Waals surface area contributed by atoms with Gasteiger partial charge in [-0.1, -0.05) is 48.5 Å². The topological polar surface area (TPSA) is 87.7 Å². The van der Waals surface area contributed by atoms with Crippen molar-refractivity contribution in [2.45, 2.75) is 5.92 Å². The number of anilines is 2. The van der Waals surface area contributed by atoms with Crippen molar-refractivity contribution >= 4 is 23.4 Å². The molecular formula is C23H20N2O4. The van der Waals surface area contributed by atoms with Gasteiger partial charge >= 0.3 is 12.1 Å². The monoisotopic (exact) mass is 388 g/mol. The molecule has 0 unspecified atom stereocenters. The largest absolute Gasteiger partial charge is 0.478 e. The molecule has 0 aromatic heterocycles. The van der Waals surface area contributed by atoms with Crippen molar-refractivity contribution < 1.29 is 19.4 Å². The standard InChI is InChI=1S/C23H20N2O4/c1-24-20-11-10-14(22(26)27)12-21(20)25-23(28)29-13-19-17-8-4-2-6-15(17)16-7-3-5-9-18(16)19/h2-12,19,24H,13H2,1H3,(H,25,28)(H,26,27). The van der Waals surface area contributed by atoms with Crippen LogP contribution in [0.4, 0.5) is 16.2 Å². The van der Waals surface area contributed by atoms with Gasteiger partial charge in [-0.25, -0.2) is 9.59 Å². The van der Waals surface area contributed by atoms with Crippen LogP contribution in [0.2, 0.25) is 0 Å². The van der Waals surface area contributed by atoms with E-state index in [0.29, 0.717) is 11.4 Å². The van der Waals surface area contributed by atoms with Crippen molar-refractivity contribution in [2.24, 2.45) is 0 Å². The Morgan fingerprint density at radius 3 is 2.14 bits per heavy atom. The second-order valence-corrected chi connectivity index (χ2v) is 6.77. The normalized spacial score (nSPS) is 12.0. The number of carbonyl (C=O) groups is 2. The minimum atomic E-state index is -1.07. The number of fused-ring (bicyclic) bond motifs is 3. The number of ether oxygens (including phenoxy) is 1. The van der Waals surface area contributed by atoms with Crippen molar-refractivity contribution in [3.63, 3.8) is 0 Å². The predicted octanol–water partition coefficient (Wildman–Crippen LogP) is 4.79. The summed E-state index contributed by atoms with van der Waals surface area (Å²) in [6, 6.07) is 20.7. The van der Waals surface area contributed by atoms with Crippen molar-refractivity contribution in [1.82, 2.24) is 0 Å². The third-order valence-electron chi connectivity index (χ3n) is 5.12. The van der Waals surface area contributed by atoms with E-state index in [2.05, 4.69) is 34.9 Å². The Morgan fingerprint density at radius 2 is 1.55 bits per heavy atom. The quantitative estimate of drug-likeness (QED) is 0.585. The first kappa shape index (κ1) is 18.6. The van der Waals surface area contributed by atoms with E-state index in [1.807, 2.05) is 24.3 Å².